The number of hydrogen-bond acceptors (Lipinski definition) is 4. The van der Waals surface area contributed by atoms with Gasteiger partial charge in [0, 0.05) is 63.7 Å². The van der Waals surface area contributed by atoms with Crippen LogP contribution >= 0.6 is 0 Å². The first-order chi connectivity index (χ1) is 12.3. The number of nitrogens with zero attached hydrogens (tertiary/aromatic N) is 3. The minimum atomic E-state index is 0.194. The maximum absolute atomic E-state index is 12.4. The Hall–Kier alpha value is -1.40. The summed E-state index contributed by atoms with van der Waals surface area (Å²) >= 11 is 0. The van der Waals surface area contributed by atoms with E-state index < -0.39 is 0 Å². The van der Waals surface area contributed by atoms with Crippen LogP contribution in [0.3, 0.4) is 0 Å². The van der Waals surface area contributed by atoms with Crippen LogP contribution in [-0.4, -0.2) is 58.7 Å². The van der Waals surface area contributed by atoms with Gasteiger partial charge in [0.15, 0.2) is 0 Å². The standard InChI is InChI=1S/C19H32N4O2/c1-2-4-16-13-23(17-6-11-25-12-7-17)14-18(16)21-19(24)5-3-9-22-10-8-20-15-22/h8,10,15-18H,2-7,9,11-14H2,1H3,(H,21,24)/t16-,18-/m0/s1. The van der Waals surface area contributed by atoms with E-state index in [0.717, 1.165) is 52.1 Å². The molecule has 6 nitrogen and oxygen atoms in total. The van der Waals surface area contributed by atoms with Crippen molar-refractivity contribution in [3.8, 4) is 0 Å². The number of imidazole rings is 1. The minimum absolute atomic E-state index is 0.194. The molecular weight excluding hydrogens is 316 g/mol. The van der Waals surface area contributed by atoms with Crippen molar-refractivity contribution in [1.29, 1.82) is 0 Å². The molecule has 0 bridgehead atoms. The molecule has 1 amide bonds. The average molecular weight is 348 g/mol. The number of aromatic nitrogens is 2. The summed E-state index contributed by atoms with van der Waals surface area (Å²) in [5.41, 5.74) is 0. The second-order valence-corrected chi connectivity index (χ2v) is 7.42. The summed E-state index contributed by atoms with van der Waals surface area (Å²) < 4.78 is 7.52. The number of likely N-dealkylation sites (tertiary alicyclic amines) is 1. The molecule has 0 radical (unpaired) electrons. The largest absolute Gasteiger partial charge is 0.381 e. The van der Waals surface area contributed by atoms with Gasteiger partial charge in [0.05, 0.1) is 6.33 Å². The summed E-state index contributed by atoms with van der Waals surface area (Å²) in [6, 6.07) is 0.944. The summed E-state index contributed by atoms with van der Waals surface area (Å²) in [4.78, 5) is 19.0. The lowest BCUT2D eigenvalue weighted by molar-refractivity contribution is -0.122. The van der Waals surface area contributed by atoms with Crippen LogP contribution < -0.4 is 5.32 Å². The predicted octanol–water partition coefficient (Wildman–Crippen LogP) is 2.06. The predicted molar refractivity (Wildman–Crippen MR) is 97.2 cm³/mol. The molecule has 3 rings (SSSR count). The normalized spacial score (nSPS) is 25.3. The van der Waals surface area contributed by atoms with Gasteiger partial charge in [-0.3, -0.25) is 9.69 Å². The number of carbonyl (C=O) groups is 1. The molecule has 0 aromatic carbocycles. The third kappa shape index (κ3) is 5.28. The Balaban J connectivity index is 1.45. The van der Waals surface area contributed by atoms with Crippen molar-refractivity contribution in [3.63, 3.8) is 0 Å². The lowest BCUT2D eigenvalue weighted by Crippen LogP contribution is -2.42. The molecule has 1 aromatic heterocycles. The summed E-state index contributed by atoms with van der Waals surface area (Å²) in [5.74, 6) is 0.783. The molecular formula is C19H32N4O2. The quantitative estimate of drug-likeness (QED) is 0.781. The van der Waals surface area contributed by atoms with E-state index in [-0.39, 0.29) is 5.91 Å². The van der Waals surface area contributed by atoms with E-state index in [0.29, 0.717) is 24.4 Å². The van der Waals surface area contributed by atoms with Crippen molar-refractivity contribution >= 4 is 5.91 Å². The summed E-state index contributed by atoms with van der Waals surface area (Å²) in [6.45, 7) is 6.97. The highest BCUT2D eigenvalue weighted by atomic mass is 16.5. The maximum Gasteiger partial charge on any atom is 0.220 e. The van der Waals surface area contributed by atoms with Crippen molar-refractivity contribution < 1.29 is 9.53 Å². The van der Waals surface area contributed by atoms with E-state index in [2.05, 4.69) is 22.1 Å². The Morgan fingerprint density at radius 1 is 1.32 bits per heavy atom. The second kappa shape index (κ2) is 9.34. The summed E-state index contributed by atoms with van der Waals surface area (Å²) in [6.07, 6.45) is 11.6. The van der Waals surface area contributed by atoms with Gasteiger partial charge in [-0.1, -0.05) is 13.3 Å². The number of amides is 1. The fraction of sp³-hybridized carbons (Fsp3) is 0.789. The molecule has 6 heteroatoms. The molecule has 140 valence electrons. The van der Waals surface area contributed by atoms with Gasteiger partial charge in [0.1, 0.15) is 0 Å². The van der Waals surface area contributed by atoms with E-state index in [4.69, 9.17) is 4.74 Å². The SMILES string of the molecule is CCC[C@H]1CN(C2CCOCC2)C[C@@H]1NC(=O)CCCn1ccnc1. The molecule has 0 spiro atoms. The van der Waals surface area contributed by atoms with Crippen molar-refractivity contribution in [2.45, 2.75) is 64.1 Å². The van der Waals surface area contributed by atoms with Gasteiger partial charge in [-0.05, 0) is 31.6 Å². The van der Waals surface area contributed by atoms with Gasteiger partial charge in [-0.15, -0.1) is 0 Å². The fourth-order valence-electron chi connectivity index (χ4n) is 4.20. The molecule has 0 unspecified atom stereocenters. The highest BCUT2D eigenvalue weighted by Crippen LogP contribution is 2.27. The number of hydrogen-bond donors (Lipinski definition) is 1. The van der Waals surface area contributed by atoms with Gasteiger partial charge in [-0.2, -0.15) is 0 Å². The van der Waals surface area contributed by atoms with E-state index in [1.54, 1.807) is 12.5 Å². The lowest BCUT2D eigenvalue weighted by atomic mass is 9.98. The zero-order valence-corrected chi connectivity index (χ0v) is 15.4. The van der Waals surface area contributed by atoms with Gasteiger partial charge >= 0.3 is 0 Å². The van der Waals surface area contributed by atoms with Gasteiger partial charge in [0.2, 0.25) is 5.91 Å². The number of ether oxygens (including phenoxy) is 1. The molecule has 2 atom stereocenters. The molecule has 0 saturated carbocycles. The molecule has 2 aliphatic rings. The first kappa shape index (κ1) is 18.4. The molecule has 1 aromatic rings. The van der Waals surface area contributed by atoms with Crippen LogP contribution in [0, 0.1) is 5.92 Å². The first-order valence-electron chi connectivity index (χ1n) is 9.83. The van der Waals surface area contributed by atoms with Gasteiger partial charge < -0.3 is 14.6 Å². The Bertz CT molecular complexity index is 514. The fourth-order valence-corrected chi connectivity index (χ4v) is 4.20. The second-order valence-electron chi connectivity index (χ2n) is 7.42. The van der Waals surface area contributed by atoms with Gasteiger partial charge in [-0.25, -0.2) is 4.98 Å². The zero-order chi connectivity index (χ0) is 17.5. The Labute approximate surface area is 150 Å². The number of rotatable bonds is 8. The molecule has 25 heavy (non-hydrogen) atoms. The highest BCUT2D eigenvalue weighted by molar-refractivity contribution is 5.76. The Morgan fingerprint density at radius 2 is 2.16 bits per heavy atom. The third-order valence-corrected chi connectivity index (χ3v) is 5.56. The monoisotopic (exact) mass is 348 g/mol. The van der Waals surface area contributed by atoms with Crippen molar-refractivity contribution in [1.82, 2.24) is 19.8 Å². The zero-order valence-electron chi connectivity index (χ0n) is 15.4. The van der Waals surface area contributed by atoms with Crippen molar-refractivity contribution in [2.75, 3.05) is 26.3 Å². The van der Waals surface area contributed by atoms with E-state index >= 15 is 0 Å². The average Bonchev–Trinajstić information content (AvgIpc) is 3.27. The van der Waals surface area contributed by atoms with Crippen LogP contribution in [0.25, 0.3) is 0 Å². The van der Waals surface area contributed by atoms with Crippen LogP contribution in [0.15, 0.2) is 18.7 Å². The molecule has 1 N–H and O–H groups in total. The number of nitrogens with one attached hydrogen (secondary N) is 1. The molecule has 0 aliphatic carbocycles. The lowest BCUT2D eigenvalue weighted by Gasteiger charge is -2.31. The van der Waals surface area contributed by atoms with Crippen molar-refractivity contribution in [3.05, 3.63) is 18.7 Å². The summed E-state index contributed by atoms with van der Waals surface area (Å²) in [7, 11) is 0. The first-order valence-corrected chi connectivity index (χ1v) is 9.83. The topological polar surface area (TPSA) is 59.4 Å². The van der Waals surface area contributed by atoms with Crippen molar-refractivity contribution in [2.24, 2.45) is 5.92 Å². The van der Waals surface area contributed by atoms with Gasteiger partial charge in [0.25, 0.3) is 0 Å². The number of aryl methyl sites for hydroxylation is 1. The van der Waals surface area contributed by atoms with Crippen LogP contribution in [0.2, 0.25) is 0 Å². The maximum atomic E-state index is 12.4. The Morgan fingerprint density at radius 3 is 2.88 bits per heavy atom. The van der Waals surface area contributed by atoms with E-state index in [1.807, 2.05) is 10.8 Å². The van der Waals surface area contributed by atoms with Crippen LogP contribution in [0.5, 0.6) is 0 Å². The molecule has 2 fully saturated rings. The number of carbonyl (C=O) groups excluding carboxylic acids is 1. The minimum Gasteiger partial charge on any atom is -0.381 e. The summed E-state index contributed by atoms with van der Waals surface area (Å²) in [5, 5.41) is 3.33. The van der Waals surface area contributed by atoms with Crippen LogP contribution in [0.4, 0.5) is 0 Å². The molecule has 2 aliphatic heterocycles. The third-order valence-electron chi connectivity index (χ3n) is 5.56. The molecule has 3 heterocycles. The van der Waals surface area contributed by atoms with Crippen LogP contribution in [-0.2, 0) is 16.1 Å². The van der Waals surface area contributed by atoms with E-state index in [9.17, 15) is 4.79 Å². The van der Waals surface area contributed by atoms with E-state index in [1.165, 1.54) is 12.8 Å². The molecule has 2 saturated heterocycles. The highest BCUT2D eigenvalue weighted by Gasteiger charge is 2.36. The van der Waals surface area contributed by atoms with Crippen LogP contribution in [0.1, 0.15) is 45.4 Å². The Kier molecular flexibility index (Phi) is 6.87. The smallest absolute Gasteiger partial charge is 0.220 e.